The van der Waals surface area contributed by atoms with Crippen LogP contribution < -0.4 is 5.73 Å². The van der Waals surface area contributed by atoms with E-state index in [1.54, 1.807) is 11.3 Å². The number of hydrogen-bond acceptors (Lipinski definition) is 4. The molecule has 1 unspecified atom stereocenters. The van der Waals surface area contributed by atoms with Gasteiger partial charge in [0.1, 0.15) is 0 Å². The normalized spacial score (nSPS) is 34.1. The summed E-state index contributed by atoms with van der Waals surface area (Å²) in [5, 5.41) is 2.24. The summed E-state index contributed by atoms with van der Waals surface area (Å²) in [6.45, 7) is 5.46. The molecule has 3 nitrogen and oxygen atoms in total. The van der Waals surface area contributed by atoms with E-state index in [4.69, 9.17) is 5.73 Å². The Bertz CT molecular complexity index is 442. The maximum Gasteiger partial charge on any atom is 0.0701 e. The van der Waals surface area contributed by atoms with Crippen molar-refractivity contribution in [2.24, 2.45) is 11.7 Å². The second-order valence-corrected chi connectivity index (χ2v) is 8.26. The molecule has 0 radical (unpaired) electrons. The molecule has 0 aliphatic carbocycles. The van der Waals surface area contributed by atoms with E-state index in [-0.39, 0.29) is 5.54 Å². The summed E-state index contributed by atoms with van der Waals surface area (Å²) < 4.78 is 1.21. The Hall–Kier alpha value is 0.0600. The first-order chi connectivity index (χ1) is 9.14. The number of rotatable bonds is 4. The molecule has 0 amide bonds. The Morgan fingerprint density at radius 2 is 2.26 bits per heavy atom. The second-order valence-electron chi connectivity index (χ2n) is 5.97. The quantitative estimate of drug-likeness (QED) is 0.910. The molecular formula is C14H22BrN3S. The molecule has 0 spiro atoms. The fourth-order valence-electron chi connectivity index (χ4n) is 3.82. The van der Waals surface area contributed by atoms with Crippen LogP contribution >= 0.6 is 27.3 Å². The average Bonchev–Trinajstić information content (AvgIpc) is 2.85. The van der Waals surface area contributed by atoms with E-state index in [1.807, 2.05) is 0 Å². The Labute approximate surface area is 127 Å². The van der Waals surface area contributed by atoms with Crippen LogP contribution in [0.5, 0.6) is 0 Å². The molecule has 1 atom stereocenters. The fraction of sp³-hybridized carbons (Fsp3) is 0.714. The lowest BCUT2D eigenvalue weighted by atomic mass is 9.71. The smallest absolute Gasteiger partial charge is 0.0701 e. The zero-order chi connectivity index (χ0) is 13.5. The third-order valence-electron chi connectivity index (χ3n) is 5.00. The van der Waals surface area contributed by atoms with Crippen LogP contribution in [0.3, 0.4) is 0 Å². The van der Waals surface area contributed by atoms with E-state index in [9.17, 15) is 0 Å². The van der Waals surface area contributed by atoms with E-state index in [1.165, 1.54) is 35.3 Å². The van der Waals surface area contributed by atoms with Crippen LogP contribution in [0.25, 0.3) is 0 Å². The fourth-order valence-corrected chi connectivity index (χ4v) is 5.02. The summed E-state index contributed by atoms with van der Waals surface area (Å²) in [7, 11) is 2.25. The minimum absolute atomic E-state index is 0.185. The van der Waals surface area contributed by atoms with Crippen LogP contribution in [0.4, 0.5) is 0 Å². The Kier molecular flexibility index (Phi) is 4.02. The minimum Gasteiger partial charge on any atom is -0.329 e. The highest BCUT2D eigenvalue weighted by Gasteiger charge is 2.48. The third-order valence-corrected chi connectivity index (χ3v) is 6.55. The van der Waals surface area contributed by atoms with Crippen LogP contribution in [0.15, 0.2) is 15.2 Å². The Morgan fingerprint density at radius 1 is 1.53 bits per heavy atom. The van der Waals surface area contributed by atoms with Crippen molar-refractivity contribution in [2.45, 2.75) is 24.9 Å². The van der Waals surface area contributed by atoms with E-state index in [2.05, 4.69) is 44.2 Å². The van der Waals surface area contributed by atoms with Gasteiger partial charge in [-0.2, -0.15) is 0 Å². The summed E-state index contributed by atoms with van der Waals surface area (Å²) in [4.78, 5) is 5.10. The monoisotopic (exact) mass is 343 g/mol. The van der Waals surface area contributed by atoms with Crippen molar-refractivity contribution in [1.82, 2.24) is 9.80 Å². The molecule has 1 aromatic heterocycles. The lowest BCUT2D eigenvalue weighted by molar-refractivity contribution is -0.0595. The summed E-state index contributed by atoms with van der Waals surface area (Å²) in [6.07, 6.45) is 2.63. The van der Waals surface area contributed by atoms with Crippen molar-refractivity contribution in [2.75, 3.05) is 33.2 Å². The summed E-state index contributed by atoms with van der Waals surface area (Å²) in [5.41, 5.74) is 7.79. The lowest BCUT2D eigenvalue weighted by Crippen LogP contribution is -2.68. The molecule has 0 aromatic carbocycles. The van der Waals surface area contributed by atoms with E-state index >= 15 is 0 Å². The number of fused-ring (bicyclic) bond motifs is 3. The molecule has 4 rings (SSSR count). The molecule has 3 aliphatic heterocycles. The molecule has 2 bridgehead atoms. The number of thiophene rings is 1. The van der Waals surface area contributed by atoms with Gasteiger partial charge in [0, 0.05) is 25.2 Å². The zero-order valence-electron chi connectivity index (χ0n) is 11.4. The van der Waals surface area contributed by atoms with Gasteiger partial charge in [0.2, 0.25) is 0 Å². The number of halogens is 1. The number of nitrogens with two attached hydrogens (primary N) is 1. The molecule has 0 saturated carbocycles. The van der Waals surface area contributed by atoms with Crippen LogP contribution in [0, 0.1) is 5.92 Å². The van der Waals surface area contributed by atoms with Crippen molar-refractivity contribution in [3.05, 3.63) is 20.8 Å². The average molecular weight is 344 g/mol. The number of likely N-dealkylation sites (N-methyl/N-ethyl adjacent to an activating group) is 1. The first kappa shape index (κ1) is 14.0. The largest absolute Gasteiger partial charge is 0.329 e. The predicted octanol–water partition coefficient (Wildman–Crippen LogP) is 2.37. The molecule has 3 fully saturated rings. The maximum atomic E-state index is 6.21. The first-order valence-electron chi connectivity index (χ1n) is 7.00. The molecular weight excluding hydrogens is 322 g/mol. The molecule has 3 saturated heterocycles. The highest BCUT2D eigenvalue weighted by atomic mass is 79.9. The first-order valence-corrected chi connectivity index (χ1v) is 8.68. The van der Waals surface area contributed by atoms with Gasteiger partial charge in [0.05, 0.1) is 3.79 Å². The van der Waals surface area contributed by atoms with E-state index in [0.717, 1.165) is 25.6 Å². The van der Waals surface area contributed by atoms with Gasteiger partial charge in [-0.15, -0.1) is 11.3 Å². The van der Waals surface area contributed by atoms with Crippen LogP contribution in [0.1, 0.15) is 18.4 Å². The van der Waals surface area contributed by atoms with E-state index < -0.39 is 0 Å². The summed E-state index contributed by atoms with van der Waals surface area (Å²) in [6, 6.07) is 2.23. The molecule has 106 valence electrons. The second kappa shape index (κ2) is 5.45. The molecule has 2 N–H and O–H groups in total. The van der Waals surface area contributed by atoms with Crippen molar-refractivity contribution < 1.29 is 0 Å². The highest BCUT2D eigenvalue weighted by molar-refractivity contribution is 9.11. The van der Waals surface area contributed by atoms with Crippen LogP contribution in [-0.2, 0) is 6.54 Å². The van der Waals surface area contributed by atoms with Crippen molar-refractivity contribution in [3.63, 3.8) is 0 Å². The van der Waals surface area contributed by atoms with Crippen LogP contribution in [-0.4, -0.2) is 48.6 Å². The van der Waals surface area contributed by atoms with Crippen molar-refractivity contribution in [3.8, 4) is 0 Å². The maximum absolute atomic E-state index is 6.21. The molecule has 3 aliphatic rings. The summed E-state index contributed by atoms with van der Waals surface area (Å²) >= 11 is 5.31. The Balaban J connectivity index is 1.77. The van der Waals surface area contributed by atoms with Gasteiger partial charge in [-0.3, -0.25) is 4.90 Å². The SMILES string of the molecule is CN(Cc1csc(Br)c1)C1(CN)CN2CCC1CC2. The number of piperidine rings is 3. The number of hydrogen-bond donors (Lipinski definition) is 1. The van der Waals surface area contributed by atoms with Gasteiger partial charge in [0.15, 0.2) is 0 Å². The Morgan fingerprint density at radius 3 is 2.74 bits per heavy atom. The van der Waals surface area contributed by atoms with Crippen LogP contribution in [0.2, 0.25) is 0 Å². The van der Waals surface area contributed by atoms with E-state index in [0.29, 0.717) is 0 Å². The predicted molar refractivity (Wildman–Crippen MR) is 84.4 cm³/mol. The number of nitrogens with zero attached hydrogens (tertiary/aromatic N) is 2. The van der Waals surface area contributed by atoms with Gasteiger partial charge in [-0.1, -0.05) is 0 Å². The minimum atomic E-state index is 0.185. The molecule has 19 heavy (non-hydrogen) atoms. The zero-order valence-corrected chi connectivity index (χ0v) is 13.8. The lowest BCUT2D eigenvalue weighted by Gasteiger charge is -2.57. The van der Waals surface area contributed by atoms with Gasteiger partial charge in [-0.25, -0.2) is 0 Å². The molecule has 4 heterocycles. The van der Waals surface area contributed by atoms with Gasteiger partial charge < -0.3 is 10.6 Å². The van der Waals surface area contributed by atoms with Crippen molar-refractivity contribution in [1.29, 1.82) is 0 Å². The van der Waals surface area contributed by atoms with Gasteiger partial charge in [-0.05, 0) is 71.8 Å². The third kappa shape index (κ3) is 2.51. The highest BCUT2D eigenvalue weighted by Crippen LogP contribution is 2.39. The summed E-state index contributed by atoms with van der Waals surface area (Å²) in [5.74, 6) is 0.773. The molecule has 1 aromatic rings. The molecule has 5 heteroatoms. The van der Waals surface area contributed by atoms with Gasteiger partial charge >= 0.3 is 0 Å². The topological polar surface area (TPSA) is 32.5 Å². The van der Waals surface area contributed by atoms with Crippen molar-refractivity contribution >= 4 is 27.3 Å². The standard InChI is InChI=1S/C14H22BrN3S/c1-17(7-11-6-13(15)19-8-11)14(9-16)10-18-4-2-12(14)3-5-18/h6,8,12H,2-5,7,9-10,16H2,1H3. The van der Waals surface area contributed by atoms with Gasteiger partial charge in [0.25, 0.3) is 0 Å².